The van der Waals surface area contributed by atoms with Crippen LogP contribution in [0, 0.1) is 0 Å². The summed E-state index contributed by atoms with van der Waals surface area (Å²) in [6, 6.07) is 13.2. The van der Waals surface area contributed by atoms with Gasteiger partial charge in [-0.25, -0.2) is 9.97 Å². The summed E-state index contributed by atoms with van der Waals surface area (Å²) in [5, 5.41) is 3.94. The Bertz CT molecular complexity index is 1010. The zero-order valence-corrected chi connectivity index (χ0v) is 16.2. The van der Waals surface area contributed by atoms with Crippen molar-refractivity contribution >= 4 is 40.2 Å². The van der Waals surface area contributed by atoms with Crippen molar-refractivity contribution in [3.8, 4) is 0 Å². The summed E-state index contributed by atoms with van der Waals surface area (Å²) in [5.74, 6) is -1.63. The van der Waals surface area contributed by atoms with Crippen LogP contribution < -0.4 is 5.32 Å². The minimum absolute atomic E-state index is 0.0801. The Kier molecular flexibility index (Phi) is 6.10. The van der Waals surface area contributed by atoms with Crippen molar-refractivity contribution in [3.63, 3.8) is 0 Å². The number of alkyl halides is 3. The number of nitrogens with zero attached hydrogens (tertiary/aromatic N) is 2. The summed E-state index contributed by atoms with van der Waals surface area (Å²) in [6.45, 7) is 1.80. The number of carbonyl (C=O) groups excluding carboxylic acids is 1. The first-order valence-corrected chi connectivity index (χ1v) is 9.62. The number of nitrogens with one attached hydrogen (secondary N) is 1. The van der Waals surface area contributed by atoms with Crippen LogP contribution >= 0.6 is 23.4 Å². The van der Waals surface area contributed by atoms with E-state index in [1.807, 2.05) is 6.07 Å². The average molecular weight is 426 g/mol. The van der Waals surface area contributed by atoms with E-state index in [2.05, 4.69) is 15.3 Å². The smallest absolute Gasteiger partial charge is 0.349 e. The van der Waals surface area contributed by atoms with E-state index in [-0.39, 0.29) is 28.2 Å². The van der Waals surface area contributed by atoms with Gasteiger partial charge < -0.3 is 5.32 Å². The third-order valence-electron chi connectivity index (χ3n) is 3.89. The molecular weight excluding hydrogens is 411 g/mol. The predicted octanol–water partition coefficient (Wildman–Crippen LogP) is 5.27. The van der Waals surface area contributed by atoms with E-state index in [4.69, 9.17) is 11.6 Å². The lowest BCUT2D eigenvalue weighted by atomic mass is 10.1. The van der Waals surface area contributed by atoms with E-state index in [1.54, 1.807) is 43.3 Å². The Hall–Kier alpha value is -2.32. The van der Waals surface area contributed by atoms with Crippen molar-refractivity contribution in [1.29, 1.82) is 0 Å². The molecule has 9 heteroatoms. The van der Waals surface area contributed by atoms with E-state index in [1.165, 1.54) is 6.07 Å². The summed E-state index contributed by atoms with van der Waals surface area (Å²) < 4.78 is 39.2. The highest BCUT2D eigenvalue weighted by molar-refractivity contribution is 8.00. The van der Waals surface area contributed by atoms with Crippen LogP contribution in [0.2, 0.25) is 5.02 Å². The van der Waals surface area contributed by atoms with Crippen molar-refractivity contribution in [3.05, 3.63) is 64.9 Å². The Morgan fingerprint density at radius 2 is 1.93 bits per heavy atom. The van der Waals surface area contributed by atoms with Gasteiger partial charge in [-0.1, -0.05) is 53.7 Å². The Morgan fingerprint density at radius 3 is 2.64 bits per heavy atom. The van der Waals surface area contributed by atoms with E-state index in [0.29, 0.717) is 10.4 Å². The number of para-hydroxylation sites is 1. The lowest BCUT2D eigenvalue weighted by Crippen LogP contribution is -2.28. The number of hydrogen-bond acceptors (Lipinski definition) is 4. The van der Waals surface area contributed by atoms with Crippen molar-refractivity contribution in [2.24, 2.45) is 0 Å². The first kappa shape index (κ1) is 20.4. The maximum atomic E-state index is 13.1. The van der Waals surface area contributed by atoms with E-state index < -0.39 is 12.0 Å². The Balaban J connectivity index is 1.75. The first-order chi connectivity index (χ1) is 13.2. The molecule has 1 atom stereocenters. The molecule has 146 valence electrons. The molecule has 0 saturated carbocycles. The molecule has 2 aromatic carbocycles. The van der Waals surface area contributed by atoms with Gasteiger partial charge in [0.05, 0.1) is 17.3 Å². The second-order valence-electron chi connectivity index (χ2n) is 6.00. The highest BCUT2D eigenvalue weighted by Gasteiger charge is 2.35. The molecule has 0 radical (unpaired) electrons. The molecule has 0 saturated heterocycles. The largest absolute Gasteiger partial charge is 0.451 e. The fourth-order valence-corrected chi connectivity index (χ4v) is 3.59. The number of aromatic nitrogens is 2. The summed E-state index contributed by atoms with van der Waals surface area (Å²) in [4.78, 5) is 19.5. The second kappa shape index (κ2) is 8.36. The van der Waals surface area contributed by atoms with Crippen molar-refractivity contribution in [2.75, 3.05) is 5.75 Å². The van der Waals surface area contributed by atoms with Crippen LogP contribution in [0.15, 0.2) is 53.6 Å². The maximum Gasteiger partial charge on any atom is 0.451 e. The van der Waals surface area contributed by atoms with Crippen molar-refractivity contribution < 1.29 is 18.0 Å². The molecular formula is C19H15ClF3N3OS. The summed E-state index contributed by atoms with van der Waals surface area (Å²) >= 11 is 6.89. The molecule has 4 nitrogen and oxygen atoms in total. The minimum atomic E-state index is -4.66. The van der Waals surface area contributed by atoms with Gasteiger partial charge in [0.15, 0.2) is 0 Å². The van der Waals surface area contributed by atoms with Gasteiger partial charge in [-0.05, 0) is 30.7 Å². The molecule has 1 N–H and O–H groups in total. The van der Waals surface area contributed by atoms with E-state index in [9.17, 15) is 18.0 Å². The molecule has 1 aromatic heterocycles. The molecule has 0 fully saturated rings. The topological polar surface area (TPSA) is 54.9 Å². The van der Waals surface area contributed by atoms with Crippen LogP contribution in [0.5, 0.6) is 0 Å². The highest BCUT2D eigenvalue weighted by atomic mass is 35.5. The third-order valence-corrected chi connectivity index (χ3v) is 5.11. The minimum Gasteiger partial charge on any atom is -0.349 e. The van der Waals surface area contributed by atoms with Gasteiger partial charge in [-0.3, -0.25) is 4.79 Å². The number of hydrogen-bond donors (Lipinski definition) is 1. The van der Waals surface area contributed by atoms with Crippen molar-refractivity contribution in [1.82, 2.24) is 15.3 Å². The van der Waals surface area contributed by atoms with Gasteiger partial charge in [0, 0.05) is 10.4 Å². The van der Waals surface area contributed by atoms with Gasteiger partial charge in [0.2, 0.25) is 11.7 Å². The number of thioether (sulfide) groups is 1. The number of carbonyl (C=O) groups is 1. The normalized spacial score (nSPS) is 12.8. The Morgan fingerprint density at radius 1 is 1.18 bits per heavy atom. The van der Waals surface area contributed by atoms with E-state index >= 15 is 0 Å². The van der Waals surface area contributed by atoms with Crippen LogP contribution in [0.3, 0.4) is 0 Å². The number of benzene rings is 2. The fourth-order valence-electron chi connectivity index (χ4n) is 2.56. The summed E-state index contributed by atoms with van der Waals surface area (Å²) in [7, 11) is 0. The average Bonchev–Trinajstić information content (AvgIpc) is 2.65. The Labute approximate surface area is 168 Å². The molecule has 0 aliphatic heterocycles. The summed E-state index contributed by atoms with van der Waals surface area (Å²) in [6.07, 6.45) is -4.66. The van der Waals surface area contributed by atoms with Crippen LogP contribution in [0.25, 0.3) is 10.9 Å². The van der Waals surface area contributed by atoms with Gasteiger partial charge in [-0.15, -0.1) is 0 Å². The molecule has 1 heterocycles. The molecule has 3 rings (SSSR count). The van der Waals surface area contributed by atoms with Gasteiger partial charge in [-0.2, -0.15) is 13.2 Å². The molecule has 0 aliphatic rings. The molecule has 1 amide bonds. The van der Waals surface area contributed by atoms with Crippen LogP contribution in [0.1, 0.15) is 24.4 Å². The zero-order chi connectivity index (χ0) is 20.3. The van der Waals surface area contributed by atoms with Gasteiger partial charge >= 0.3 is 6.18 Å². The zero-order valence-electron chi connectivity index (χ0n) is 14.6. The maximum absolute atomic E-state index is 13.1. The van der Waals surface area contributed by atoms with Crippen LogP contribution in [-0.2, 0) is 11.0 Å². The SMILES string of the molecule is C[C@@H](NC(=O)CSc1nc(C(F)(F)F)nc2ccccc12)c1cccc(Cl)c1. The lowest BCUT2D eigenvalue weighted by Gasteiger charge is -2.15. The third kappa shape index (κ3) is 4.94. The lowest BCUT2D eigenvalue weighted by molar-refractivity contribution is -0.145. The van der Waals surface area contributed by atoms with Crippen LogP contribution in [-0.4, -0.2) is 21.6 Å². The summed E-state index contributed by atoms with van der Waals surface area (Å²) in [5.41, 5.74) is 1.01. The molecule has 3 aromatic rings. The van der Waals surface area contributed by atoms with Gasteiger partial charge in [0.1, 0.15) is 5.03 Å². The number of amides is 1. The van der Waals surface area contributed by atoms with Gasteiger partial charge in [0.25, 0.3) is 0 Å². The first-order valence-electron chi connectivity index (χ1n) is 8.25. The van der Waals surface area contributed by atoms with Crippen LogP contribution in [0.4, 0.5) is 13.2 Å². The number of halogens is 4. The fraction of sp³-hybridized carbons (Fsp3) is 0.211. The number of rotatable bonds is 5. The number of fused-ring (bicyclic) bond motifs is 1. The second-order valence-corrected chi connectivity index (χ2v) is 7.40. The van der Waals surface area contributed by atoms with E-state index in [0.717, 1.165) is 17.3 Å². The highest BCUT2D eigenvalue weighted by Crippen LogP contribution is 2.32. The molecule has 0 bridgehead atoms. The van der Waals surface area contributed by atoms with Crippen molar-refractivity contribution in [2.45, 2.75) is 24.2 Å². The quantitative estimate of drug-likeness (QED) is 0.447. The molecule has 0 spiro atoms. The standard InChI is InChI=1S/C19H15ClF3N3OS/c1-11(12-5-4-6-13(20)9-12)24-16(27)10-28-17-14-7-2-3-8-15(14)25-18(26-17)19(21,22)23/h2-9,11H,10H2,1H3,(H,24,27)/t11-/m1/s1. The predicted molar refractivity (Wildman–Crippen MR) is 103 cm³/mol. The monoisotopic (exact) mass is 425 g/mol. The molecule has 0 unspecified atom stereocenters. The molecule has 28 heavy (non-hydrogen) atoms. The molecule has 0 aliphatic carbocycles.